The molecule has 0 amide bonds. The summed E-state index contributed by atoms with van der Waals surface area (Å²) in [6.45, 7) is 14.5. The molecule has 0 aliphatic heterocycles. The van der Waals surface area contributed by atoms with Crippen LogP contribution in [0.1, 0.15) is 67.2 Å². The van der Waals surface area contributed by atoms with Gasteiger partial charge in [0, 0.05) is 3.92 Å². The lowest BCUT2D eigenvalue weighted by Gasteiger charge is -2.47. The van der Waals surface area contributed by atoms with E-state index < -0.39 is 0 Å². The summed E-state index contributed by atoms with van der Waals surface area (Å²) in [5.74, 6) is 1.81. The molecule has 1 fully saturated rings. The molecule has 1 aliphatic carbocycles. The first-order chi connectivity index (χ1) is 7.20. The lowest BCUT2D eigenvalue weighted by Crippen LogP contribution is -2.42. The third kappa shape index (κ3) is 3.14. The zero-order valence-electron chi connectivity index (χ0n) is 11.9. The Hall–Kier alpha value is 0.730. The Morgan fingerprint density at radius 2 is 1.50 bits per heavy atom. The van der Waals surface area contributed by atoms with Crippen LogP contribution in [-0.4, -0.2) is 3.92 Å². The lowest BCUT2D eigenvalue weighted by atomic mass is 9.62. The van der Waals surface area contributed by atoms with Crippen molar-refractivity contribution < 1.29 is 0 Å². The van der Waals surface area contributed by atoms with Gasteiger partial charge in [-0.15, -0.1) is 0 Å². The minimum absolute atomic E-state index is 0.481. The number of hydrogen-bond acceptors (Lipinski definition) is 0. The normalized spacial score (nSPS) is 32.8. The second-order valence-electron chi connectivity index (χ2n) is 7.30. The van der Waals surface area contributed by atoms with E-state index in [-0.39, 0.29) is 0 Å². The Labute approximate surface area is 116 Å². The molecule has 0 aromatic carbocycles. The second kappa shape index (κ2) is 5.16. The molecule has 96 valence electrons. The fraction of sp³-hybridized carbons (Fsp3) is 1.00. The molecule has 1 aliphatic rings. The van der Waals surface area contributed by atoms with E-state index in [1.165, 1.54) is 25.7 Å². The number of halogens is 1. The molecule has 3 unspecified atom stereocenters. The molecule has 0 aromatic heterocycles. The SMILES string of the molecule is CCC(C)(C)C1CCCC(C(C)(C)C)C1I. The van der Waals surface area contributed by atoms with E-state index >= 15 is 0 Å². The minimum atomic E-state index is 0.481. The van der Waals surface area contributed by atoms with Crippen LogP contribution in [0, 0.1) is 22.7 Å². The van der Waals surface area contributed by atoms with Crippen LogP contribution in [0.5, 0.6) is 0 Å². The average Bonchev–Trinajstić information content (AvgIpc) is 2.16. The fourth-order valence-electron chi connectivity index (χ4n) is 3.15. The predicted octanol–water partition coefficient (Wildman–Crippen LogP) is 5.69. The van der Waals surface area contributed by atoms with Gasteiger partial charge in [-0.25, -0.2) is 0 Å². The number of rotatable bonds is 2. The first-order valence-corrected chi connectivity index (χ1v) is 8.09. The largest absolute Gasteiger partial charge is 0.0820 e. The van der Waals surface area contributed by atoms with Gasteiger partial charge in [0.2, 0.25) is 0 Å². The van der Waals surface area contributed by atoms with Gasteiger partial charge in [-0.3, -0.25) is 0 Å². The Balaban J connectivity index is 2.83. The summed E-state index contributed by atoms with van der Waals surface area (Å²) in [6.07, 6.45) is 5.64. The van der Waals surface area contributed by atoms with Crippen molar-refractivity contribution in [3.63, 3.8) is 0 Å². The van der Waals surface area contributed by atoms with E-state index in [0.717, 1.165) is 15.8 Å². The van der Waals surface area contributed by atoms with E-state index in [1.54, 1.807) is 0 Å². The molecule has 0 saturated heterocycles. The lowest BCUT2D eigenvalue weighted by molar-refractivity contribution is 0.0866. The zero-order chi connectivity index (χ0) is 12.6. The van der Waals surface area contributed by atoms with Gasteiger partial charge in [-0.05, 0) is 35.5 Å². The molecule has 0 aromatic rings. The molecule has 1 saturated carbocycles. The molecule has 0 N–H and O–H groups in total. The van der Waals surface area contributed by atoms with Gasteiger partial charge in [0.1, 0.15) is 0 Å². The van der Waals surface area contributed by atoms with Gasteiger partial charge in [0.25, 0.3) is 0 Å². The first kappa shape index (κ1) is 14.8. The van der Waals surface area contributed by atoms with Crippen molar-refractivity contribution in [2.24, 2.45) is 22.7 Å². The molecule has 0 radical (unpaired) electrons. The van der Waals surface area contributed by atoms with Crippen molar-refractivity contribution in [1.29, 1.82) is 0 Å². The Morgan fingerprint density at radius 3 is 1.94 bits per heavy atom. The molecule has 0 bridgehead atoms. The Kier molecular flexibility index (Phi) is 4.77. The summed E-state index contributed by atoms with van der Waals surface area (Å²) in [6, 6.07) is 0. The highest BCUT2D eigenvalue weighted by molar-refractivity contribution is 14.1. The molecular formula is C15H29I. The first-order valence-electron chi connectivity index (χ1n) is 6.84. The van der Waals surface area contributed by atoms with Crippen LogP contribution in [-0.2, 0) is 0 Å². The average molecular weight is 336 g/mol. The summed E-state index contributed by atoms with van der Waals surface area (Å²) >= 11 is 2.75. The van der Waals surface area contributed by atoms with Gasteiger partial charge < -0.3 is 0 Å². The third-order valence-electron chi connectivity index (χ3n) is 4.83. The van der Waals surface area contributed by atoms with E-state index in [4.69, 9.17) is 0 Å². The van der Waals surface area contributed by atoms with Gasteiger partial charge in [0.15, 0.2) is 0 Å². The third-order valence-corrected chi connectivity index (χ3v) is 6.56. The molecule has 3 atom stereocenters. The summed E-state index contributed by atoms with van der Waals surface area (Å²) in [5.41, 5.74) is 1.00. The molecule has 0 nitrogen and oxygen atoms in total. The van der Waals surface area contributed by atoms with Gasteiger partial charge in [-0.1, -0.05) is 77.0 Å². The van der Waals surface area contributed by atoms with Crippen molar-refractivity contribution in [1.82, 2.24) is 0 Å². The van der Waals surface area contributed by atoms with Crippen molar-refractivity contribution >= 4 is 22.6 Å². The van der Waals surface area contributed by atoms with Crippen LogP contribution < -0.4 is 0 Å². The van der Waals surface area contributed by atoms with Crippen LogP contribution in [0.15, 0.2) is 0 Å². The van der Waals surface area contributed by atoms with E-state index in [2.05, 4.69) is 64.1 Å². The van der Waals surface area contributed by atoms with Crippen LogP contribution in [0.25, 0.3) is 0 Å². The highest BCUT2D eigenvalue weighted by Crippen LogP contribution is 2.50. The van der Waals surface area contributed by atoms with Gasteiger partial charge in [-0.2, -0.15) is 0 Å². The monoisotopic (exact) mass is 336 g/mol. The van der Waals surface area contributed by atoms with Gasteiger partial charge in [0.05, 0.1) is 0 Å². The Bertz CT molecular complexity index is 224. The summed E-state index contributed by atoms with van der Waals surface area (Å²) in [7, 11) is 0. The smallest absolute Gasteiger partial charge is 0.0176 e. The maximum Gasteiger partial charge on any atom is 0.0176 e. The highest BCUT2D eigenvalue weighted by atomic mass is 127. The second-order valence-corrected chi connectivity index (χ2v) is 8.73. The molecule has 0 heterocycles. The fourth-order valence-corrected chi connectivity index (χ4v) is 5.92. The minimum Gasteiger partial charge on any atom is -0.0820 e. The van der Waals surface area contributed by atoms with Crippen molar-refractivity contribution in [3.8, 4) is 0 Å². The predicted molar refractivity (Wildman–Crippen MR) is 82.2 cm³/mol. The highest BCUT2D eigenvalue weighted by Gasteiger charge is 2.43. The molecule has 1 rings (SSSR count). The van der Waals surface area contributed by atoms with Crippen LogP contribution >= 0.6 is 22.6 Å². The van der Waals surface area contributed by atoms with Crippen LogP contribution in [0.3, 0.4) is 0 Å². The van der Waals surface area contributed by atoms with Crippen molar-refractivity contribution in [3.05, 3.63) is 0 Å². The number of alkyl halides is 1. The Morgan fingerprint density at radius 1 is 1.00 bits per heavy atom. The zero-order valence-corrected chi connectivity index (χ0v) is 14.1. The summed E-state index contributed by atoms with van der Waals surface area (Å²) in [5, 5.41) is 0. The standard InChI is InChI=1S/C15H29I/c1-7-15(5,6)12-10-8-9-11(13(12)16)14(2,3)4/h11-13H,7-10H2,1-6H3. The molecular weight excluding hydrogens is 307 g/mol. The topological polar surface area (TPSA) is 0 Å². The maximum absolute atomic E-state index is 2.75. The van der Waals surface area contributed by atoms with Crippen molar-refractivity contribution in [2.45, 2.75) is 71.2 Å². The summed E-state index contributed by atoms with van der Waals surface area (Å²) < 4.78 is 0.862. The maximum atomic E-state index is 2.75. The van der Waals surface area contributed by atoms with Gasteiger partial charge >= 0.3 is 0 Å². The molecule has 0 spiro atoms. The van der Waals surface area contributed by atoms with E-state index in [1.807, 2.05) is 0 Å². The van der Waals surface area contributed by atoms with E-state index in [9.17, 15) is 0 Å². The summed E-state index contributed by atoms with van der Waals surface area (Å²) in [4.78, 5) is 0. The van der Waals surface area contributed by atoms with Crippen molar-refractivity contribution in [2.75, 3.05) is 0 Å². The van der Waals surface area contributed by atoms with Crippen LogP contribution in [0.2, 0.25) is 0 Å². The van der Waals surface area contributed by atoms with Crippen LogP contribution in [0.4, 0.5) is 0 Å². The van der Waals surface area contributed by atoms with E-state index in [0.29, 0.717) is 10.8 Å². The number of hydrogen-bond donors (Lipinski definition) is 0. The quantitative estimate of drug-likeness (QED) is 0.449. The molecule has 1 heteroatoms. The molecule has 16 heavy (non-hydrogen) atoms.